The highest BCUT2D eigenvalue weighted by Gasteiger charge is 2.26. The summed E-state index contributed by atoms with van der Waals surface area (Å²) in [5, 5.41) is 16.5. The highest BCUT2D eigenvalue weighted by Crippen LogP contribution is 2.40. The maximum Gasteiger partial charge on any atom is 0.185 e. The topological polar surface area (TPSA) is 95.3 Å². The summed E-state index contributed by atoms with van der Waals surface area (Å²) in [7, 11) is 0. The van der Waals surface area contributed by atoms with E-state index in [1.54, 1.807) is 0 Å². The van der Waals surface area contributed by atoms with E-state index in [1.165, 1.54) is 0 Å². The number of nitriles is 1. The highest BCUT2D eigenvalue weighted by molar-refractivity contribution is 5.74. The van der Waals surface area contributed by atoms with Crippen molar-refractivity contribution in [3.05, 3.63) is 35.3 Å². The number of hydrogen-bond acceptors (Lipinski definition) is 8. The van der Waals surface area contributed by atoms with Crippen molar-refractivity contribution in [1.82, 2.24) is 15.3 Å². The zero-order chi connectivity index (χ0) is 19.6. The van der Waals surface area contributed by atoms with Crippen LogP contribution < -0.4 is 20.3 Å². The molecule has 2 saturated heterocycles. The van der Waals surface area contributed by atoms with Crippen LogP contribution in [0, 0.1) is 11.3 Å². The Morgan fingerprint density at radius 1 is 1.21 bits per heavy atom. The van der Waals surface area contributed by atoms with Crippen molar-refractivity contribution >= 4 is 17.2 Å². The highest BCUT2D eigenvalue weighted by atomic mass is 16.5. The molecular weight excluding hydrogens is 368 g/mol. The van der Waals surface area contributed by atoms with Gasteiger partial charge in [0.2, 0.25) is 0 Å². The van der Waals surface area contributed by atoms with Crippen molar-refractivity contribution in [2.45, 2.75) is 25.4 Å². The minimum Gasteiger partial charge on any atom is -0.483 e. The van der Waals surface area contributed by atoms with Gasteiger partial charge in [-0.25, -0.2) is 9.97 Å². The number of anilines is 3. The minimum atomic E-state index is 0.337. The van der Waals surface area contributed by atoms with E-state index in [2.05, 4.69) is 31.6 Å². The van der Waals surface area contributed by atoms with Gasteiger partial charge in [0.1, 0.15) is 18.5 Å². The van der Waals surface area contributed by atoms with Crippen LogP contribution in [0.5, 0.6) is 5.75 Å². The Morgan fingerprint density at radius 3 is 2.83 bits per heavy atom. The van der Waals surface area contributed by atoms with Gasteiger partial charge in [0.15, 0.2) is 11.4 Å². The second kappa shape index (κ2) is 7.85. The zero-order valence-corrected chi connectivity index (χ0v) is 16.3. The second-order valence-corrected chi connectivity index (χ2v) is 7.58. The molecule has 0 saturated carbocycles. The van der Waals surface area contributed by atoms with Crippen LogP contribution in [-0.4, -0.2) is 49.4 Å². The third-order valence-corrected chi connectivity index (χ3v) is 5.85. The normalized spacial score (nSPS) is 19.2. The standard InChI is InChI=1S/C21H24N6O2/c22-12-18-20-17(11-16(25-18)14-1-4-23-5-2-14)26-21-15(13-29-20)19(3-6-24-21)27-7-9-28-10-8-27/h3,6,11,14,23H,1-2,4-5,7-10,13H2,(H,24,26). The lowest BCUT2D eigenvalue weighted by molar-refractivity contribution is 0.122. The van der Waals surface area contributed by atoms with Gasteiger partial charge in [-0.05, 0) is 38.1 Å². The second-order valence-electron chi connectivity index (χ2n) is 7.58. The summed E-state index contributed by atoms with van der Waals surface area (Å²) in [6.07, 6.45) is 3.86. The average molecular weight is 392 g/mol. The van der Waals surface area contributed by atoms with Crippen molar-refractivity contribution in [2.75, 3.05) is 49.6 Å². The van der Waals surface area contributed by atoms with Crippen molar-refractivity contribution in [2.24, 2.45) is 0 Å². The third-order valence-electron chi connectivity index (χ3n) is 5.85. The molecule has 5 rings (SSSR count). The molecule has 2 aromatic heterocycles. The van der Waals surface area contributed by atoms with Gasteiger partial charge in [0.05, 0.1) is 24.5 Å². The largest absolute Gasteiger partial charge is 0.483 e. The lowest BCUT2D eigenvalue weighted by Crippen LogP contribution is -2.37. The van der Waals surface area contributed by atoms with Crippen molar-refractivity contribution in [3.63, 3.8) is 0 Å². The number of ether oxygens (including phenoxy) is 2. The number of nitrogens with one attached hydrogen (secondary N) is 2. The Kier molecular flexibility index (Phi) is 4.92. The monoisotopic (exact) mass is 392 g/mol. The number of hydrogen-bond donors (Lipinski definition) is 2. The number of fused-ring (bicyclic) bond motifs is 2. The fraction of sp³-hybridized carbons (Fsp3) is 0.476. The van der Waals surface area contributed by atoms with Crippen LogP contribution in [0.4, 0.5) is 17.2 Å². The van der Waals surface area contributed by atoms with E-state index in [0.29, 0.717) is 37.2 Å². The molecule has 2 N–H and O–H groups in total. The predicted molar refractivity (Wildman–Crippen MR) is 109 cm³/mol. The third kappa shape index (κ3) is 3.48. The predicted octanol–water partition coefficient (Wildman–Crippen LogP) is 2.29. The van der Waals surface area contributed by atoms with Crippen LogP contribution in [0.2, 0.25) is 0 Å². The Bertz CT molecular complexity index is 945. The first-order chi connectivity index (χ1) is 14.3. The molecule has 0 spiro atoms. The first-order valence-electron chi connectivity index (χ1n) is 10.2. The van der Waals surface area contributed by atoms with Crippen LogP contribution in [0.15, 0.2) is 18.3 Å². The fourth-order valence-corrected chi connectivity index (χ4v) is 4.30. The molecule has 8 heteroatoms. The summed E-state index contributed by atoms with van der Waals surface area (Å²) in [5.41, 5.74) is 4.16. The number of piperidine rings is 1. The van der Waals surface area contributed by atoms with E-state index < -0.39 is 0 Å². The van der Waals surface area contributed by atoms with Crippen LogP contribution in [-0.2, 0) is 11.3 Å². The first-order valence-corrected chi connectivity index (χ1v) is 10.2. The molecule has 0 aromatic carbocycles. The summed E-state index contributed by atoms with van der Waals surface area (Å²) < 4.78 is 11.6. The van der Waals surface area contributed by atoms with Gasteiger partial charge in [-0.15, -0.1) is 0 Å². The zero-order valence-electron chi connectivity index (χ0n) is 16.3. The van der Waals surface area contributed by atoms with Crippen LogP contribution in [0.25, 0.3) is 0 Å². The lowest BCUT2D eigenvalue weighted by Gasteiger charge is -2.30. The number of morpholine rings is 1. The van der Waals surface area contributed by atoms with E-state index in [4.69, 9.17) is 9.47 Å². The Balaban J connectivity index is 1.52. The SMILES string of the molecule is N#Cc1nc(C2CCNCC2)cc2c1OCc1c(N3CCOCC3)ccnc1N2. The molecule has 2 fully saturated rings. The van der Waals surface area contributed by atoms with Crippen LogP contribution in [0.1, 0.15) is 35.7 Å². The molecule has 29 heavy (non-hydrogen) atoms. The van der Waals surface area contributed by atoms with Crippen molar-refractivity contribution in [1.29, 1.82) is 5.26 Å². The smallest absolute Gasteiger partial charge is 0.185 e. The van der Waals surface area contributed by atoms with Gasteiger partial charge in [-0.2, -0.15) is 5.26 Å². The number of pyridine rings is 2. The molecule has 8 nitrogen and oxygen atoms in total. The van der Waals surface area contributed by atoms with Crippen LogP contribution in [0.3, 0.4) is 0 Å². The van der Waals surface area contributed by atoms with E-state index >= 15 is 0 Å². The fourth-order valence-electron chi connectivity index (χ4n) is 4.30. The van der Waals surface area contributed by atoms with Gasteiger partial charge in [0.25, 0.3) is 0 Å². The summed E-state index contributed by atoms with van der Waals surface area (Å²) in [5.74, 6) is 1.64. The lowest BCUT2D eigenvalue weighted by atomic mass is 9.93. The molecule has 150 valence electrons. The van der Waals surface area contributed by atoms with E-state index in [9.17, 15) is 5.26 Å². The van der Waals surface area contributed by atoms with E-state index in [1.807, 2.05) is 18.3 Å². The minimum absolute atomic E-state index is 0.337. The van der Waals surface area contributed by atoms with Gasteiger partial charge >= 0.3 is 0 Å². The Labute approximate surface area is 169 Å². The Morgan fingerprint density at radius 2 is 2.03 bits per heavy atom. The number of rotatable bonds is 2. The van der Waals surface area contributed by atoms with Gasteiger partial charge in [-0.3, -0.25) is 0 Å². The van der Waals surface area contributed by atoms with E-state index in [-0.39, 0.29) is 0 Å². The average Bonchev–Trinajstić information content (AvgIpc) is 2.98. The van der Waals surface area contributed by atoms with Gasteiger partial charge in [-0.1, -0.05) is 0 Å². The number of aromatic nitrogens is 2. The molecule has 0 bridgehead atoms. The molecule has 0 atom stereocenters. The van der Waals surface area contributed by atoms with E-state index in [0.717, 1.165) is 67.5 Å². The quantitative estimate of drug-likeness (QED) is 0.804. The molecule has 3 aliphatic heterocycles. The summed E-state index contributed by atoms with van der Waals surface area (Å²) in [6.45, 7) is 5.41. The molecule has 3 aliphatic rings. The molecule has 0 unspecified atom stereocenters. The van der Waals surface area contributed by atoms with Crippen LogP contribution >= 0.6 is 0 Å². The molecular formula is C21H24N6O2. The number of nitrogens with zero attached hydrogens (tertiary/aromatic N) is 4. The molecule has 0 amide bonds. The first kappa shape index (κ1) is 18.2. The summed E-state index contributed by atoms with van der Waals surface area (Å²) >= 11 is 0. The maximum absolute atomic E-state index is 9.71. The molecule has 5 heterocycles. The van der Waals surface area contributed by atoms with Gasteiger partial charge < -0.3 is 25.0 Å². The van der Waals surface area contributed by atoms with Crippen molar-refractivity contribution < 1.29 is 9.47 Å². The summed E-state index contributed by atoms with van der Waals surface area (Å²) in [6, 6.07) is 6.28. The van der Waals surface area contributed by atoms with Crippen molar-refractivity contribution in [3.8, 4) is 11.8 Å². The molecule has 0 radical (unpaired) electrons. The maximum atomic E-state index is 9.71. The summed E-state index contributed by atoms with van der Waals surface area (Å²) in [4.78, 5) is 11.5. The van der Waals surface area contributed by atoms with Gasteiger partial charge in [0, 0.05) is 36.6 Å². The molecule has 2 aromatic rings. The Hall–Kier alpha value is -2.89. The molecule has 0 aliphatic carbocycles.